The van der Waals surface area contributed by atoms with Crippen LogP contribution in [-0.4, -0.2) is 34.8 Å². The summed E-state index contributed by atoms with van der Waals surface area (Å²) in [5.41, 5.74) is 3.51. The van der Waals surface area contributed by atoms with Crippen LogP contribution in [0.3, 0.4) is 0 Å². The number of aryl methyl sites for hydroxylation is 2. The van der Waals surface area contributed by atoms with Gasteiger partial charge in [-0.25, -0.2) is 0 Å². The average Bonchev–Trinajstić information content (AvgIpc) is 2.99. The number of aliphatic hydroxyl groups is 1. The molecule has 0 saturated carbocycles. The molecule has 1 fully saturated rings. The first-order valence-electron chi connectivity index (χ1n) is 10.8. The van der Waals surface area contributed by atoms with Crippen LogP contribution in [0.4, 0.5) is 0 Å². The maximum absolute atomic E-state index is 13.0. The van der Waals surface area contributed by atoms with Crippen molar-refractivity contribution in [1.82, 2.24) is 4.90 Å². The second-order valence-corrected chi connectivity index (χ2v) is 8.57. The highest BCUT2D eigenvalue weighted by atomic mass is 16.5. The first-order valence-corrected chi connectivity index (χ1v) is 10.8. The number of nitrogens with zero attached hydrogens (tertiary/aromatic N) is 1. The highest BCUT2D eigenvalue weighted by Crippen LogP contribution is 2.40. The molecular weight excluding hydrogens is 390 g/mol. The number of ether oxygens (including phenoxy) is 1. The molecule has 1 N–H and O–H groups in total. The molecule has 0 radical (unpaired) electrons. The largest absolute Gasteiger partial charge is 0.507 e. The van der Waals surface area contributed by atoms with Crippen molar-refractivity contribution in [3.8, 4) is 5.75 Å². The zero-order valence-corrected chi connectivity index (χ0v) is 18.9. The van der Waals surface area contributed by atoms with E-state index in [9.17, 15) is 14.7 Å². The summed E-state index contributed by atoms with van der Waals surface area (Å²) < 4.78 is 5.86. The SMILES string of the molecule is CCCN1C(=O)C(=O)/C(=C(\O)c2ccc(C)c(C)c2)C1c1cccc(OCC(C)C)c1. The van der Waals surface area contributed by atoms with Crippen molar-refractivity contribution in [2.75, 3.05) is 13.2 Å². The summed E-state index contributed by atoms with van der Waals surface area (Å²) in [5, 5.41) is 11.1. The highest BCUT2D eigenvalue weighted by molar-refractivity contribution is 6.46. The van der Waals surface area contributed by atoms with Gasteiger partial charge in [-0.1, -0.05) is 45.0 Å². The number of benzene rings is 2. The number of hydrogen-bond donors (Lipinski definition) is 1. The second kappa shape index (κ2) is 9.38. The quantitative estimate of drug-likeness (QED) is 0.380. The van der Waals surface area contributed by atoms with Crippen LogP contribution in [0.25, 0.3) is 5.76 Å². The van der Waals surface area contributed by atoms with Crippen LogP contribution in [0.2, 0.25) is 0 Å². The van der Waals surface area contributed by atoms with Gasteiger partial charge in [-0.3, -0.25) is 9.59 Å². The van der Waals surface area contributed by atoms with Gasteiger partial charge in [0.1, 0.15) is 11.5 Å². The first kappa shape index (κ1) is 22.6. The minimum atomic E-state index is -0.650. The molecule has 0 aromatic heterocycles. The number of ketones is 1. The number of carbonyl (C=O) groups is 2. The van der Waals surface area contributed by atoms with E-state index in [2.05, 4.69) is 13.8 Å². The van der Waals surface area contributed by atoms with Gasteiger partial charge in [0.15, 0.2) is 0 Å². The summed E-state index contributed by atoms with van der Waals surface area (Å²) in [5.74, 6) is -0.314. The molecule has 1 atom stereocenters. The third-order valence-corrected chi connectivity index (χ3v) is 5.54. The third kappa shape index (κ3) is 4.66. The molecule has 3 rings (SSSR count). The molecule has 1 aliphatic rings. The number of hydrogen-bond acceptors (Lipinski definition) is 4. The van der Waals surface area contributed by atoms with Gasteiger partial charge in [0, 0.05) is 12.1 Å². The Morgan fingerprint density at radius 2 is 1.84 bits per heavy atom. The Morgan fingerprint density at radius 3 is 2.48 bits per heavy atom. The van der Waals surface area contributed by atoms with Crippen molar-refractivity contribution >= 4 is 17.4 Å². The van der Waals surface area contributed by atoms with Crippen molar-refractivity contribution in [3.05, 3.63) is 70.3 Å². The Kier molecular flexibility index (Phi) is 6.84. The van der Waals surface area contributed by atoms with Gasteiger partial charge in [-0.05, 0) is 61.1 Å². The van der Waals surface area contributed by atoms with Gasteiger partial charge in [0.05, 0.1) is 18.2 Å². The molecule has 2 aromatic carbocycles. The molecule has 0 bridgehead atoms. The van der Waals surface area contributed by atoms with Crippen molar-refractivity contribution < 1.29 is 19.4 Å². The Balaban J connectivity index is 2.12. The number of carbonyl (C=O) groups excluding carboxylic acids is 2. The zero-order valence-electron chi connectivity index (χ0n) is 18.9. The zero-order chi connectivity index (χ0) is 22.7. The van der Waals surface area contributed by atoms with E-state index >= 15 is 0 Å². The Labute approximate surface area is 184 Å². The van der Waals surface area contributed by atoms with E-state index in [1.54, 1.807) is 11.0 Å². The molecule has 1 amide bonds. The Morgan fingerprint density at radius 1 is 1.10 bits per heavy atom. The van der Waals surface area contributed by atoms with Gasteiger partial charge in [0.25, 0.3) is 11.7 Å². The molecule has 0 spiro atoms. The smallest absolute Gasteiger partial charge is 0.295 e. The van der Waals surface area contributed by atoms with E-state index in [1.807, 2.05) is 57.2 Å². The lowest BCUT2D eigenvalue weighted by Crippen LogP contribution is -2.30. The van der Waals surface area contributed by atoms with Crippen molar-refractivity contribution in [2.45, 2.75) is 47.1 Å². The van der Waals surface area contributed by atoms with Crippen LogP contribution < -0.4 is 4.74 Å². The summed E-state index contributed by atoms with van der Waals surface area (Å²) in [6.07, 6.45) is 0.705. The lowest BCUT2D eigenvalue weighted by molar-refractivity contribution is -0.139. The number of rotatable bonds is 7. The molecular formula is C26H31NO4. The van der Waals surface area contributed by atoms with Crippen LogP contribution in [0.5, 0.6) is 5.75 Å². The molecule has 1 unspecified atom stereocenters. The fraction of sp³-hybridized carbons (Fsp3) is 0.385. The molecule has 1 aliphatic heterocycles. The van der Waals surface area contributed by atoms with Crippen LogP contribution in [0.15, 0.2) is 48.0 Å². The normalized spacial score (nSPS) is 18.1. The van der Waals surface area contributed by atoms with Gasteiger partial charge < -0.3 is 14.7 Å². The number of aliphatic hydroxyl groups excluding tert-OH is 1. The molecule has 2 aromatic rings. The van der Waals surface area contributed by atoms with Gasteiger partial charge >= 0.3 is 0 Å². The third-order valence-electron chi connectivity index (χ3n) is 5.54. The maximum Gasteiger partial charge on any atom is 0.295 e. The number of likely N-dealkylation sites (tertiary alicyclic amines) is 1. The predicted octanol–water partition coefficient (Wildman–Crippen LogP) is 5.17. The van der Waals surface area contributed by atoms with Crippen LogP contribution in [0, 0.1) is 19.8 Å². The lowest BCUT2D eigenvalue weighted by Gasteiger charge is -2.25. The summed E-state index contributed by atoms with van der Waals surface area (Å²) in [6, 6.07) is 12.3. The molecule has 1 saturated heterocycles. The topological polar surface area (TPSA) is 66.8 Å². The number of Topliss-reactive ketones (excluding diaryl/α,β-unsaturated/α-hetero) is 1. The molecule has 1 heterocycles. The summed E-state index contributed by atoms with van der Waals surface area (Å²) >= 11 is 0. The highest BCUT2D eigenvalue weighted by Gasteiger charge is 2.45. The Bertz CT molecular complexity index is 1020. The van der Waals surface area contributed by atoms with E-state index in [0.717, 1.165) is 16.7 Å². The van der Waals surface area contributed by atoms with Crippen LogP contribution >= 0.6 is 0 Å². The molecule has 5 heteroatoms. The summed E-state index contributed by atoms with van der Waals surface area (Å²) in [7, 11) is 0. The van der Waals surface area contributed by atoms with E-state index < -0.39 is 17.7 Å². The van der Waals surface area contributed by atoms with Gasteiger partial charge in [0.2, 0.25) is 0 Å². The van der Waals surface area contributed by atoms with E-state index in [-0.39, 0.29) is 11.3 Å². The average molecular weight is 422 g/mol. The minimum absolute atomic E-state index is 0.128. The van der Waals surface area contributed by atoms with Gasteiger partial charge in [-0.2, -0.15) is 0 Å². The van der Waals surface area contributed by atoms with E-state index in [1.165, 1.54) is 0 Å². The Hall–Kier alpha value is -3.08. The van der Waals surface area contributed by atoms with Crippen molar-refractivity contribution in [3.63, 3.8) is 0 Å². The lowest BCUT2D eigenvalue weighted by atomic mass is 9.94. The van der Waals surface area contributed by atoms with E-state index in [4.69, 9.17) is 4.74 Å². The maximum atomic E-state index is 13.0. The fourth-order valence-electron chi connectivity index (χ4n) is 3.78. The number of amides is 1. The standard InChI is InChI=1S/C26H31NO4/c1-6-12-27-23(19-8-7-9-21(14-19)31-15-16(2)3)22(25(29)26(27)30)24(28)20-11-10-17(4)18(5)13-20/h7-11,13-14,16,23,28H,6,12,15H2,1-5H3/b24-22-. The summed E-state index contributed by atoms with van der Waals surface area (Å²) in [4.78, 5) is 27.4. The molecule has 0 aliphatic carbocycles. The van der Waals surface area contributed by atoms with Gasteiger partial charge in [-0.15, -0.1) is 0 Å². The molecule has 164 valence electrons. The predicted molar refractivity (Wildman–Crippen MR) is 122 cm³/mol. The molecule has 5 nitrogen and oxygen atoms in total. The monoisotopic (exact) mass is 421 g/mol. The molecule has 31 heavy (non-hydrogen) atoms. The van der Waals surface area contributed by atoms with Crippen LogP contribution in [0.1, 0.15) is 55.5 Å². The minimum Gasteiger partial charge on any atom is -0.507 e. The van der Waals surface area contributed by atoms with Crippen molar-refractivity contribution in [2.24, 2.45) is 5.92 Å². The van der Waals surface area contributed by atoms with Crippen molar-refractivity contribution in [1.29, 1.82) is 0 Å². The second-order valence-electron chi connectivity index (χ2n) is 8.57. The first-order chi connectivity index (χ1) is 14.7. The van der Waals surface area contributed by atoms with Crippen LogP contribution in [-0.2, 0) is 9.59 Å². The summed E-state index contributed by atoms with van der Waals surface area (Å²) in [6.45, 7) is 11.0. The fourth-order valence-corrected chi connectivity index (χ4v) is 3.78. The van der Waals surface area contributed by atoms with E-state index in [0.29, 0.717) is 36.8 Å².